The Morgan fingerprint density at radius 3 is 2.81 bits per heavy atom. The zero-order valence-corrected chi connectivity index (χ0v) is 13.8. The first-order valence-electron chi connectivity index (χ1n) is 7.37. The van der Waals surface area contributed by atoms with Crippen molar-refractivity contribution in [2.24, 2.45) is 11.7 Å². The highest BCUT2D eigenvalue weighted by Gasteiger charge is 2.32. The van der Waals surface area contributed by atoms with Gasteiger partial charge in [0.05, 0.1) is 5.25 Å². The molecule has 0 saturated heterocycles. The van der Waals surface area contributed by atoms with Gasteiger partial charge in [-0.2, -0.15) is 0 Å². The van der Waals surface area contributed by atoms with E-state index in [0.29, 0.717) is 6.42 Å². The van der Waals surface area contributed by atoms with Crippen LogP contribution in [0.5, 0.6) is 0 Å². The van der Waals surface area contributed by atoms with Gasteiger partial charge in [0.1, 0.15) is 9.84 Å². The summed E-state index contributed by atoms with van der Waals surface area (Å²) in [6.07, 6.45) is 4.82. The van der Waals surface area contributed by atoms with E-state index in [4.69, 9.17) is 5.73 Å². The summed E-state index contributed by atoms with van der Waals surface area (Å²) in [6.45, 7) is 0. The van der Waals surface area contributed by atoms with Crippen LogP contribution >= 0.6 is 11.3 Å². The van der Waals surface area contributed by atoms with Gasteiger partial charge in [0.25, 0.3) is 0 Å². The van der Waals surface area contributed by atoms with Crippen LogP contribution in [-0.2, 0) is 9.84 Å². The van der Waals surface area contributed by atoms with Gasteiger partial charge in [-0.25, -0.2) is 8.42 Å². The van der Waals surface area contributed by atoms with Gasteiger partial charge >= 0.3 is 0 Å². The molecule has 0 radical (unpaired) electrons. The minimum Gasteiger partial charge on any atom is -0.324 e. The van der Waals surface area contributed by atoms with Gasteiger partial charge in [0, 0.05) is 17.0 Å². The summed E-state index contributed by atoms with van der Waals surface area (Å²) in [5, 5.41) is 3.14. The van der Waals surface area contributed by atoms with Gasteiger partial charge in [0.2, 0.25) is 0 Å². The summed E-state index contributed by atoms with van der Waals surface area (Å²) in [7, 11) is -2.96. The SMILES string of the molecule is CS(=O)(=O)C1CCCC(C(N)c2csc3ccccc23)C1. The average molecular weight is 323 g/mol. The van der Waals surface area contributed by atoms with Gasteiger partial charge < -0.3 is 5.73 Å². The number of fused-ring (bicyclic) bond motifs is 1. The average Bonchev–Trinajstić information content (AvgIpc) is 2.90. The van der Waals surface area contributed by atoms with Crippen molar-refractivity contribution < 1.29 is 8.42 Å². The normalized spacial score (nSPS) is 25.0. The second kappa shape index (κ2) is 5.71. The number of benzene rings is 1. The molecule has 1 fully saturated rings. The second-order valence-electron chi connectivity index (χ2n) is 6.09. The molecule has 3 atom stereocenters. The van der Waals surface area contributed by atoms with Crippen molar-refractivity contribution in [2.75, 3.05) is 6.26 Å². The number of thiophene rings is 1. The van der Waals surface area contributed by atoms with Gasteiger partial charge in [-0.1, -0.05) is 24.6 Å². The standard InChI is InChI=1S/C16H21NO2S2/c1-21(18,19)12-6-4-5-11(9-12)16(17)14-10-20-15-8-3-2-7-13(14)15/h2-3,7-8,10-12,16H,4-6,9,17H2,1H3. The number of hydrogen-bond acceptors (Lipinski definition) is 4. The Morgan fingerprint density at radius 2 is 2.05 bits per heavy atom. The predicted molar refractivity (Wildman–Crippen MR) is 89.3 cm³/mol. The molecule has 1 aromatic carbocycles. The van der Waals surface area contributed by atoms with Crippen molar-refractivity contribution in [3.05, 3.63) is 35.2 Å². The molecule has 1 heterocycles. The molecule has 0 spiro atoms. The highest BCUT2D eigenvalue weighted by atomic mass is 32.2. The van der Waals surface area contributed by atoms with Crippen LogP contribution in [0.1, 0.15) is 37.3 Å². The minimum atomic E-state index is -2.96. The van der Waals surface area contributed by atoms with E-state index >= 15 is 0 Å². The molecule has 0 amide bonds. The van der Waals surface area contributed by atoms with Crippen molar-refractivity contribution >= 4 is 31.3 Å². The predicted octanol–water partition coefficient (Wildman–Crippen LogP) is 3.50. The molecule has 114 valence electrons. The molecular weight excluding hydrogens is 302 g/mol. The lowest BCUT2D eigenvalue weighted by Crippen LogP contribution is -2.32. The number of rotatable bonds is 3. The fraction of sp³-hybridized carbons (Fsp3) is 0.500. The first-order chi connectivity index (χ1) is 9.97. The lowest BCUT2D eigenvalue weighted by atomic mass is 9.81. The third kappa shape index (κ3) is 3.00. The molecule has 1 aliphatic rings. The number of hydrogen-bond donors (Lipinski definition) is 1. The molecule has 1 aromatic heterocycles. The quantitative estimate of drug-likeness (QED) is 0.940. The van der Waals surface area contributed by atoms with Crippen LogP contribution in [0.4, 0.5) is 0 Å². The molecule has 5 heteroatoms. The Balaban J connectivity index is 1.86. The van der Waals surface area contributed by atoms with Crippen molar-refractivity contribution in [3.63, 3.8) is 0 Å². The van der Waals surface area contributed by atoms with E-state index in [9.17, 15) is 8.42 Å². The maximum atomic E-state index is 11.8. The van der Waals surface area contributed by atoms with Gasteiger partial charge in [-0.05, 0) is 47.6 Å². The molecule has 3 nitrogen and oxygen atoms in total. The molecular formula is C16H21NO2S2. The van der Waals surface area contributed by atoms with E-state index in [0.717, 1.165) is 19.3 Å². The molecule has 2 N–H and O–H groups in total. The fourth-order valence-electron chi connectivity index (χ4n) is 3.41. The first-order valence-corrected chi connectivity index (χ1v) is 10.2. The Labute approximate surface area is 130 Å². The van der Waals surface area contributed by atoms with Crippen molar-refractivity contribution in [2.45, 2.75) is 37.0 Å². The summed E-state index contributed by atoms with van der Waals surface area (Å²) in [6, 6.07) is 8.22. The van der Waals surface area contributed by atoms with Crippen LogP contribution in [-0.4, -0.2) is 19.9 Å². The molecule has 2 aromatic rings. The smallest absolute Gasteiger partial charge is 0.150 e. The first kappa shape index (κ1) is 15.0. The van der Waals surface area contributed by atoms with E-state index < -0.39 is 9.84 Å². The fourth-order valence-corrected chi connectivity index (χ4v) is 5.61. The highest BCUT2D eigenvalue weighted by Crippen LogP contribution is 2.39. The topological polar surface area (TPSA) is 60.2 Å². The van der Waals surface area contributed by atoms with Crippen LogP contribution in [0.2, 0.25) is 0 Å². The largest absolute Gasteiger partial charge is 0.324 e. The van der Waals surface area contributed by atoms with E-state index in [1.54, 1.807) is 11.3 Å². The Bertz CT molecular complexity index is 736. The maximum Gasteiger partial charge on any atom is 0.150 e. The van der Waals surface area contributed by atoms with Crippen LogP contribution in [0.15, 0.2) is 29.6 Å². The van der Waals surface area contributed by atoms with Gasteiger partial charge in [-0.3, -0.25) is 0 Å². The van der Waals surface area contributed by atoms with Crippen molar-refractivity contribution in [1.82, 2.24) is 0 Å². The Kier molecular flexibility index (Phi) is 4.08. The molecule has 1 aliphatic carbocycles. The summed E-state index contributed by atoms with van der Waals surface area (Å²) in [5.41, 5.74) is 7.67. The third-order valence-electron chi connectivity index (χ3n) is 4.65. The lowest BCUT2D eigenvalue weighted by Gasteiger charge is -2.32. The van der Waals surface area contributed by atoms with E-state index in [1.807, 2.05) is 12.1 Å². The molecule has 21 heavy (non-hydrogen) atoms. The van der Waals surface area contributed by atoms with Gasteiger partial charge in [-0.15, -0.1) is 11.3 Å². The number of sulfone groups is 1. The summed E-state index contributed by atoms with van der Waals surface area (Å²) in [4.78, 5) is 0. The van der Waals surface area contributed by atoms with Crippen LogP contribution < -0.4 is 5.73 Å². The maximum absolute atomic E-state index is 11.8. The lowest BCUT2D eigenvalue weighted by molar-refractivity contribution is 0.310. The zero-order chi connectivity index (χ0) is 15.0. The summed E-state index contributed by atoms with van der Waals surface area (Å²) >= 11 is 1.71. The van der Waals surface area contributed by atoms with E-state index in [2.05, 4.69) is 17.5 Å². The molecule has 3 rings (SSSR count). The summed E-state index contributed by atoms with van der Waals surface area (Å²) in [5.74, 6) is 0.261. The Hall–Kier alpha value is -0.910. The van der Waals surface area contributed by atoms with Crippen molar-refractivity contribution in [1.29, 1.82) is 0 Å². The van der Waals surface area contributed by atoms with Crippen molar-refractivity contribution in [3.8, 4) is 0 Å². The third-order valence-corrected chi connectivity index (χ3v) is 7.27. The van der Waals surface area contributed by atoms with Crippen LogP contribution in [0, 0.1) is 5.92 Å². The zero-order valence-electron chi connectivity index (χ0n) is 12.2. The van der Waals surface area contributed by atoms with Crippen LogP contribution in [0.25, 0.3) is 10.1 Å². The molecule has 0 bridgehead atoms. The Morgan fingerprint density at radius 1 is 1.29 bits per heavy atom. The van der Waals surface area contributed by atoms with Gasteiger partial charge in [0.15, 0.2) is 0 Å². The molecule has 3 unspecified atom stereocenters. The highest BCUT2D eigenvalue weighted by molar-refractivity contribution is 7.91. The molecule has 0 aliphatic heterocycles. The van der Waals surface area contributed by atoms with Crippen LogP contribution in [0.3, 0.4) is 0 Å². The monoisotopic (exact) mass is 323 g/mol. The second-order valence-corrected chi connectivity index (χ2v) is 9.33. The van der Waals surface area contributed by atoms with E-state index in [-0.39, 0.29) is 17.2 Å². The summed E-state index contributed by atoms with van der Waals surface area (Å²) < 4.78 is 24.9. The number of nitrogens with two attached hydrogens (primary N) is 1. The minimum absolute atomic E-state index is 0.0642. The molecule has 1 saturated carbocycles. The van der Waals surface area contributed by atoms with E-state index in [1.165, 1.54) is 21.9 Å².